The van der Waals surface area contributed by atoms with E-state index in [1.165, 1.54) is 12.1 Å². The van der Waals surface area contributed by atoms with Crippen LogP contribution in [0.3, 0.4) is 0 Å². The normalized spacial score (nSPS) is 17.4. The number of benzene rings is 1. The maximum Gasteiger partial charge on any atom is 0.273 e. The van der Waals surface area contributed by atoms with Crippen LogP contribution in [-0.4, -0.2) is 29.0 Å². The summed E-state index contributed by atoms with van der Waals surface area (Å²) in [5.41, 5.74) is -0.506. The Hall–Kier alpha value is -2.15. The number of anilines is 1. The van der Waals surface area contributed by atoms with Crippen molar-refractivity contribution in [1.82, 2.24) is 5.32 Å². The number of nitrogens with one attached hydrogen (secondary N) is 2. The summed E-state index contributed by atoms with van der Waals surface area (Å²) in [7, 11) is 0. The third-order valence-corrected chi connectivity index (χ3v) is 3.70. The quantitative estimate of drug-likeness (QED) is 0.443. The summed E-state index contributed by atoms with van der Waals surface area (Å²) >= 11 is 0. The molecule has 7 nitrogen and oxygen atoms in total. The highest BCUT2D eigenvalue weighted by molar-refractivity contribution is 5.96. The fourth-order valence-electron chi connectivity index (χ4n) is 2.22. The highest BCUT2D eigenvalue weighted by Gasteiger charge is 2.34. The summed E-state index contributed by atoms with van der Waals surface area (Å²) < 4.78 is 0. The number of carbonyl (C=O) groups excluding carboxylic acids is 1. The van der Waals surface area contributed by atoms with Gasteiger partial charge in [0.15, 0.2) is 0 Å². The number of aromatic hydroxyl groups is 1. The summed E-state index contributed by atoms with van der Waals surface area (Å²) in [5, 5.41) is 26.2. The van der Waals surface area contributed by atoms with E-state index in [1.54, 1.807) is 0 Å². The van der Waals surface area contributed by atoms with E-state index in [0.29, 0.717) is 12.8 Å². The van der Waals surface area contributed by atoms with Gasteiger partial charge in [0, 0.05) is 11.5 Å². The van der Waals surface area contributed by atoms with Crippen LogP contribution < -0.4 is 10.6 Å². The van der Waals surface area contributed by atoms with E-state index in [1.807, 2.05) is 6.92 Å². The molecule has 1 aromatic rings. The average molecular weight is 279 g/mol. The molecule has 108 valence electrons. The second kappa shape index (κ2) is 5.46. The molecule has 1 fully saturated rings. The molecule has 0 bridgehead atoms. The van der Waals surface area contributed by atoms with Crippen molar-refractivity contribution in [3.8, 4) is 5.75 Å². The number of non-ortho nitro benzene ring substituents is 1. The van der Waals surface area contributed by atoms with Crippen molar-refractivity contribution in [3.05, 3.63) is 28.3 Å². The molecular formula is C13H17N3O4. The topological polar surface area (TPSA) is 104 Å². The predicted molar refractivity (Wildman–Crippen MR) is 73.6 cm³/mol. The molecule has 1 aliphatic rings. The van der Waals surface area contributed by atoms with Crippen LogP contribution in [0.2, 0.25) is 0 Å². The number of nitro benzene ring substituents is 1. The van der Waals surface area contributed by atoms with Gasteiger partial charge in [-0.15, -0.1) is 0 Å². The van der Waals surface area contributed by atoms with Gasteiger partial charge < -0.3 is 15.7 Å². The third-order valence-electron chi connectivity index (χ3n) is 3.70. The van der Waals surface area contributed by atoms with Gasteiger partial charge in [-0.2, -0.15) is 0 Å². The summed E-state index contributed by atoms with van der Waals surface area (Å²) in [5.74, 6) is -0.478. The maximum absolute atomic E-state index is 12.3. The first kappa shape index (κ1) is 14.3. The number of phenolic OH excluding ortho intramolecular Hbond substituents is 1. The molecule has 1 amide bonds. The lowest BCUT2D eigenvalue weighted by Gasteiger charge is -2.32. The first-order valence-electron chi connectivity index (χ1n) is 6.42. The van der Waals surface area contributed by atoms with E-state index in [0.717, 1.165) is 19.2 Å². The molecule has 1 saturated heterocycles. The molecule has 1 aliphatic heterocycles. The molecule has 3 N–H and O–H groups in total. The molecular weight excluding hydrogens is 262 g/mol. The Morgan fingerprint density at radius 3 is 2.65 bits per heavy atom. The third kappa shape index (κ3) is 2.88. The number of hydrogen-bond donors (Lipinski definition) is 3. The van der Waals surface area contributed by atoms with Gasteiger partial charge in [0.05, 0.1) is 16.7 Å². The summed E-state index contributed by atoms with van der Waals surface area (Å²) in [6.45, 7) is 3.43. The molecule has 20 heavy (non-hydrogen) atoms. The van der Waals surface area contributed by atoms with Crippen molar-refractivity contribution in [2.24, 2.45) is 5.41 Å². The molecule has 0 atom stereocenters. The van der Waals surface area contributed by atoms with Crippen molar-refractivity contribution >= 4 is 17.3 Å². The van der Waals surface area contributed by atoms with Gasteiger partial charge in [-0.3, -0.25) is 14.9 Å². The maximum atomic E-state index is 12.3. The lowest BCUT2D eigenvalue weighted by molar-refractivity contribution is -0.384. The zero-order chi connectivity index (χ0) is 14.8. The van der Waals surface area contributed by atoms with Gasteiger partial charge in [0.1, 0.15) is 5.75 Å². The SMILES string of the molecule is CC1(C(=O)Nc2ccc([N+](=O)[O-])cc2O)CCNCC1. The van der Waals surface area contributed by atoms with Gasteiger partial charge in [-0.05, 0) is 32.0 Å². The van der Waals surface area contributed by atoms with E-state index >= 15 is 0 Å². The lowest BCUT2D eigenvalue weighted by atomic mass is 9.80. The molecule has 1 heterocycles. The first-order valence-corrected chi connectivity index (χ1v) is 6.42. The first-order chi connectivity index (χ1) is 9.42. The van der Waals surface area contributed by atoms with Crippen molar-refractivity contribution < 1.29 is 14.8 Å². The minimum atomic E-state index is -0.598. The van der Waals surface area contributed by atoms with Crippen LogP contribution in [0.4, 0.5) is 11.4 Å². The standard InChI is InChI=1S/C13H17N3O4/c1-13(4-6-14-7-5-13)12(18)15-10-3-2-9(16(19)20)8-11(10)17/h2-3,8,14,17H,4-7H2,1H3,(H,15,18). The zero-order valence-electron chi connectivity index (χ0n) is 11.2. The fourth-order valence-corrected chi connectivity index (χ4v) is 2.22. The Balaban J connectivity index is 2.13. The Morgan fingerprint density at radius 1 is 1.45 bits per heavy atom. The number of amides is 1. The van der Waals surface area contributed by atoms with E-state index in [4.69, 9.17) is 0 Å². The second-order valence-corrected chi connectivity index (χ2v) is 5.22. The number of nitro groups is 1. The van der Waals surface area contributed by atoms with E-state index in [-0.39, 0.29) is 23.0 Å². The minimum absolute atomic E-state index is 0.178. The number of rotatable bonds is 3. The smallest absolute Gasteiger partial charge is 0.273 e. The number of phenols is 1. The van der Waals surface area contributed by atoms with Crippen LogP contribution in [-0.2, 0) is 4.79 Å². The highest BCUT2D eigenvalue weighted by atomic mass is 16.6. The largest absolute Gasteiger partial charge is 0.506 e. The number of nitrogens with zero attached hydrogens (tertiary/aromatic N) is 1. The zero-order valence-corrected chi connectivity index (χ0v) is 11.2. The highest BCUT2D eigenvalue weighted by Crippen LogP contribution is 2.33. The van der Waals surface area contributed by atoms with E-state index < -0.39 is 10.3 Å². The lowest BCUT2D eigenvalue weighted by Crippen LogP contribution is -2.42. The molecule has 0 unspecified atom stereocenters. The Morgan fingerprint density at radius 2 is 2.10 bits per heavy atom. The second-order valence-electron chi connectivity index (χ2n) is 5.22. The van der Waals surface area contributed by atoms with Gasteiger partial charge in [-0.25, -0.2) is 0 Å². The van der Waals surface area contributed by atoms with Gasteiger partial charge in [-0.1, -0.05) is 6.92 Å². The van der Waals surface area contributed by atoms with Crippen LogP contribution in [0.1, 0.15) is 19.8 Å². The molecule has 0 aromatic heterocycles. The molecule has 1 aromatic carbocycles. The summed E-state index contributed by atoms with van der Waals surface area (Å²) in [6.07, 6.45) is 1.43. The molecule has 7 heteroatoms. The Bertz CT molecular complexity index is 538. The van der Waals surface area contributed by atoms with Crippen molar-refractivity contribution in [2.45, 2.75) is 19.8 Å². The van der Waals surface area contributed by atoms with Crippen molar-refractivity contribution in [2.75, 3.05) is 18.4 Å². The predicted octanol–water partition coefficient (Wildman–Crippen LogP) is 1.63. The minimum Gasteiger partial charge on any atom is -0.506 e. The summed E-state index contributed by atoms with van der Waals surface area (Å²) in [4.78, 5) is 22.3. The van der Waals surface area contributed by atoms with Crippen LogP contribution >= 0.6 is 0 Å². The molecule has 0 saturated carbocycles. The van der Waals surface area contributed by atoms with Crippen LogP contribution in [0.15, 0.2) is 18.2 Å². The number of hydrogen-bond acceptors (Lipinski definition) is 5. The van der Waals surface area contributed by atoms with Crippen molar-refractivity contribution in [1.29, 1.82) is 0 Å². The monoisotopic (exact) mass is 279 g/mol. The van der Waals surface area contributed by atoms with E-state index in [9.17, 15) is 20.0 Å². The van der Waals surface area contributed by atoms with Crippen LogP contribution in [0.5, 0.6) is 5.75 Å². The number of piperidine rings is 1. The summed E-state index contributed by atoms with van der Waals surface area (Å²) in [6, 6.07) is 3.62. The van der Waals surface area contributed by atoms with Crippen LogP contribution in [0, 0.1) is 15.5 Å². The van der Waals surface area contributed by atoms with Gasteiger partial charge in [0.25, 0.3) is 5.69 Å². The van der Waals surface area contributed by atoms with E-state index in [2.05, 4.69) is 10.6 Å². The fraction of sp³-hybridized carbons (Fsp3) is 0.462. The molecule has 2 rings (SSSR count). The molecule has 0 aliphatic carbocycles. The van der Waals surface area contributed by atoms with Crippen molar-refractivity contribution in [3.63, 3.8) is 0 Å². The van der Waals surface area contributed by atoms with Gasteiger partial charge in [0.2, 0.25) is 5.91 Å². The van der Waals surface area contributed by atoms with Crippen LogP contribution in [0.25, 0.3) is 0 Å². The Kier molecular flexibility index (Phi) is 3.89. The molecule has 0 spiro atoms. The number of carbonyl (C=O) groups is 1. The Labute approximate surface area is 116 Å². The average Bonchev–Trinajstić information content (AvgIpc) is 2.41. The van der Waals surface area contributed by atoms with Gasteiger partial charge >= 0.3 is 0 Å². The molecule has 0 radical (unpaired) electrons.